The highest BCUT2D eigenvalue weighted by molar-refractivity contribution is 5.95. The number of para-hydroxylation sites is 2. The van der Waals surface area contributed by atoms with Gasteiger partial charge < -0.3 is 33.6 Å². The highest BCUT2D eigenvalue weighted by Crippen LogP contribution is 2.38. The molecule has 3 aromatic carbocycles. The third-order valence-electron chi connectivity index (χ3n) is 6.17. The van der Waals surface area contributed by atoms with Crippen molar-refractivity contribution in [1.82, 2.24) is 14.9 Å². The van der Waals surface area contributed by atoms with Gasteiger partial charge in [0.25, 0.3) is 5.91 Å². The van der Waals surface area contributed by atoms with E-state index in [2.05, 4.69) is 16.0 Å². The Morgan fingerprint density at radius 2 is 1.55 bits per heavy atom. The zero-order valence-corrected chi connectivity index (χ0v) is 22.2. The van der Waals surface area contributed by atoms with Gasteiger partial charge in [-0.05, 0) is 55.0 Å². The molecule has 38 heavy (non-hydrogen) atoms. The molecule has 200 valence electrons. The molecule has 1 N–H and O–H groups in total. The normalized spacial score (nSPS) is 10.7. The van der Waals surface area contributed by atoms with Gasteiger partial charge in [0.05, 0.1) is 46.0 Å². The molecule has 0 aliphatic rings. The molecule has 1 aromatic heterocycles. The number of nitrogens with zero attached hydrogens (tertiary/aromatic N) is 2. The summed E-state index contributed by atoms with van der Waals surface area (Å²) >= 11 is 0. The van der Waals surface area contributed by atoms with E-state index in [-0.39, 0.29) is 5.91 Å². The number of hydrogen-bond donors (Lipinski definition) is 1. The van der Waals surface area contributed by atoms with Gasteiger partial charge in [0.2, 0.25) is 5.75 Å². The van der Waals surface area contributed by atoms with E-state index in [0.29, 0.717) is 48.9 Å². The lowest BCUT2D eigenvalue weighted by atomic mass is 10.1. The van der Waals surface area contributed by atoms with Crippen molar-refractivity contribution < 1.29 is 28.5 Å². The molecule has 4 aromatic rings. The molecule has 0 bridgehead atoms. The van der Waals surface area contributed by atoms with Crippen molar-refractivity contribution in [2.24, 2.45) is 0 Å². The Bertz CT molecular complexity index is 1340. The number of methoxy groups -OCH3 is 4. The van der Waals surface area contributed by atoms with Crippen LogP contribution in [-0.4, -0.2) is 57.0 Å². The predicted octanol–water partition coefficient (Wildman–Crippen LogP) is 4.51. The summed E-state index contributed by atoms with van der Waals surface area (Å²) in [5.74, 6) is 3.62. The number of ether oxygens (including phenoxy) is 5. The number of hydrogen-bond acceptors (Lipinski definition) is 7. The summed E-state index contributed by atoms with van der Waals surface area (Å²) < 4.78 is 29.4. The molecule has 0 aliphatic heterocycles. The molecule has 0 unspecified atom stereocenters. The van der Waals surface area contributed by atoms with Gasteiger partial charge in [-0.3, -0.25) is 4.79 Å². The molecule has 9 heteroatoms. The minimum Gasteiger partial charge on any atom is -0.497 e. The maximum atomic E-state index is 12.8. The van der Waals surface area contributed by atoms with Crippen LogP contribution in [0.3, 0.4) is 0 Å². The van der Waals surface area contributed by atoms with Crippen LogP contribution in [0.4, 0.5) is 0 Å². The molecule has 1 amide bonds. The Hall–Kier alpha value is -4.40. The molecule has 9 nitrogen and oxygen atoms in total. The van der Waals surface area contributed by atoms with Crippen LogP contribution in [0.25, 0.3) is 11.0 Å². The minimum atomic E-state index is -0.217. The zero-order chi connectivity index (χ0) is 26.9. The fourth-order valence-electron chi connectivity index (χ4n) is 4.26. The van der Waals surface area contributed by atoms with Crippen LogP contribution in [0, 0.1) is 0 Å². The van der Waals surface area contributed by atoms with Crippen LogP contribution in [-0.2, 0) is 13.0 Å². The summed E-state index contributed by atoms with van der Waals surface area (Å²) in [6.07, 6.45) is 1.42. The third kappa shape index (κ3) is 6.11. The van der Waals surface area contributed by atoms with E-state index in [0.717, 1.165) is 34.8 Å². The van der Waals surface area contributed by atoms with Gasteiger partial charge in [0.1, 0.15) is 23.9 Å². The second-order valence-corrected chi connectivity index (χ2v) is 8.47. The molecular weight excluding hydrogens is 486 g/mol. The van der Waals surface area contributed by atoms with Crippen molar-refractivity contribution >= 4 is 16.9 Å². The summed E-state index contributed by atoms with van der Waals surface area (Å²) in [4.78, 5) is 17.6. The minimum absolute atomic E-state index is 0.217. The summed E-state index contributed by atoms with van der Waals surface area (Å²) in [7, 11) is 6.21. The number of aryl methyl sites for hydroxylation is 1. The second-order valence-electron chi connectivity index (χ2n) is 8.47. The largest absolute Gasteiger partial charge is 0.497 e. The molecule has 0 saturated heterocycles. The van der Waals surface area contributed by atoms with Crippen LogP contribution < -0.4 is 29.0 Å². The van der Waals surface area contributed by atoms with Crippen molar-refractivity contribution in [3.05, 3.63) is 72.1 Å². The van der Waals surface area contributed by atoms with E-state index >= 15 is 0 Å². The average molecular weight is 520 g/mol. The average Bonchev–Trinajstić information content (AvgIpc) is 3.31. The molecular formula is C29H33N3O6. The van der Waals surface area contributed by atoms with Gasteiger partial charge in [-0.15, -0.1) is 0 Å². The van der Waals surface area contributed by atoms with Crippen LogP contribution in [0.2, 0.25) is 0 Å². The van der Waals surface area contributed by atoms with Crippen molar-refractivity contribution in [1.29, 1.82) is 0 Å². The number of imidazole rings is 1. The Kier molecular flexibility index (Phi) is 8.92. The van der Waals surface area contributed by atoms with E-state index in [1.807, 2.05) is 42.5 Å². The van der Waals surface area contributed by atoms with Crippen molar-refractivity contribution in [3.8, 4) is 28.7 Å². The second kappa shape index (κ2) is 12.7. The molecule has 4 rings (SSSR count). The Morgan fingerprint density at radius 1 is 0.868 bits per heavy atom. The lowest BCUT2D eigenvalue weighted by Crippen LogP contribution is -2.25. The van der Waals surface area contributed by atoms with E-state index in [1.54, 1.807) is 19.2 Å². The molecule has 0 radical (unpaired) electrons. The number of aromatic nitrogens is 2. The number of benzene rings is 3. The first-order valence-electron chi connectivity index (χ1n) is 12.4. The SMILES string of the molecule is COc1ccc(OCCn2c(CCCNC(=O)c3cc(OC)c(OC)c(OC)c3)nc3ccccc32)cc1. The van der Waals surface area contributed by atoms with E-state index in [4.69, 9.17) is 28.7 Å². The standard InChI is InChI=1S/C29H33N3O6/c1-34-21-11-13-22(14-12-21)38-17-16-32-24-9-6-5-8-23(24)31-27(32)10-7-15-30-29(33)20-18-25(35-2)28(37-4)26(19-20)36-3/h5-6,8-9,11-14,18-19H,7,10,15-17H2,1-4H3,(H,30,33). The number of carbonyl (C=O) groups excluding carboxylic acids is 1. The number of amides is 1. The molecule has 0 atom stereocenters. The van der Waals surface area contributed by atoms with Gasteiger partial charge in [0, 0.05) is 18.5 Å². The maximum absolute atomic E-state index is 12.8. The smallest absolute Gasteiger partial charge is 0.251 e. The van der Waals surface area contributed by atoms with E-state index in [9.17, 15) is 4.79 Å². The van der Waals surface area contributed by atoms with Crippen LogP contribution in [0.5, 0.6) is 28.7 Å². The molecule has 1 heterocycles. The molecule has 0 spiro atoms. The third-order valence-corrected chi connectivity index (χ3v) is 6.17. The van der Waals surface area contributed by atoms with Crippen molar-refractivity contribution in [3.63, 3.8) is 0 Å². The number of fused-ring (bicyclic) bond motifs is 1. The van der Waals surface area contributed by atoms with Gasteiger partial charge in [-0.25, -0.2) is 4.98 Å². The van der Waals surface area contributed by atoms with E-state index in [1.165, 1.54) is 21.3 Å². The molecule has 0 saturated carbocycles. The van der Waals surface area contributed by atoms with Gasteiger partial charge in [-0.1, -0.05) is 12.1 Å². The lowest BCUT2D eigenvalue weighted by Gasteiger charge is -2.14. The first-order valence-corrected chi connectivity index (χ1v) is 12.4. The van der Waals surface area contributed by atoms with Crippen LogP contribution in [0.15, 0.2) is 60.7 Å². The fourth-order valence-corrected chi connectivity index (χ4v) is 4.26. The Balaban J connectivity index is 1.37. The fraction of sp³-hybridized carbons (Fsp3) is 0.310. The van der Waals surface area contributed by atoms with Gasteiger partial charge >= 0.3 is 0 Å². The highest BCUT2D eigenvalue weighted by atomic mass is 16.5. The van der Waals surface area contributed by atoms with E-state index < -0.39 is 0 Å². The summed E-state index contributed by atoms with van der Waals surface area (Å²) in [6, 6.07) is 18.9. The maximum Gasteiger partial charge on any atom is 0.251 e. The van der Waals surface area contributed by atoms with Gasteiger partial charge in [0.15, 0.2) is 11.5 Å². The summed E-state index contributed by atoms with van der Waals surface area (Å²) in [5.41, 5.74) is 2.43. The number of rotatable bonds is 13. The Labute approximate surface area is 222 Å². The molecule has 0 fully saturated rings. The van der Waals surface area contributed by atoms with Crippen LogP contribution in [0.1, 0.15) is 22.6 Å². The highest BCUT2D eigenvalue weighted by Gasteiger charge is 2.17. The summed E-state index contributed by atoms with van der Waals surface area (Å²) in [5, 5.41) is 2.97. The van der Waals surface area contributed by atoms with Crippen molar-refractivity contribution in [2.75, 3.05) is 41.6 Å². The Morgan fingerprint density at radius 3 is 2.21 bits per heavy atom. The van der Waals surface area contributed by atoms with Crippen LogP contribution >= 0.6 is 0 Å². The number of nitrogens with one attached hydrogen (secondary N) is 1. The lowest BCUT2D eigenvalue weighted by molar-refractivity contribution is 0.0952. The summed E-state index contributed by atoms with van der Waals surface area (Å²) in [6.45, 7) is 1.64. The number of carbonyl (C=O) groups is 1. The van der Waals surface area contributed by atoms with Crippen molar-refractivity contribution in [2.45, 2.75) is 19.4 Å². The first kappa shape index (κ1) is 26.7. The molecule has 0 aliphatic carbocycles. The van der Waals surface area contributed by atoms with Gasteiger partial charge in [-0.2, -0.15) is 0 Å². The zero-order valence-electron chi connectivity index (χ0n) is 22.2. The first-order chi connectivity index (χ1) is 18.6. The quantitative estimate of drug-likeness (QED) is 0.260. The predicted molar refractivity (Wildman–Crippen MR) is 145 cm³/mol. The topological polar surface area (TPSA) is 93.1 Å². The monoisotopic (exact) mass is 519 g/mol.